The summed E-state index contributed by atoms with van der Waals surface area (Å²) in [6.45, 7) is 6.84. The van der Waals surface area contributed by atoms with Crippen LogP contribution in [0.3, 0.4) is 0 Å². The molecule has 2 N–H and O–H groups in total. The molecular weight excluding hydrogens is 270 g/mol. The van der Waals surface area contributed by atoms with Crippen molar-refractivity contribution in [3.05, 3.63) is 35.9 Å². The molecule has 2 aliphatic carbocycles. The van der Waals surface area contributed by atoms with Gasteiger partial charge in [-0.2, -0.15) is 0 Å². The van der Waals surface area contributed by atoms with Crippen molar-refractivity contribution in [3.63, 3.8) is 0 Å². The second kappa shape index (κ2) is 5.11. The van der Waals surface area contributed by atoms with Crippen LogP contribution in [0.2, 0.25) is 0 Å². The molecule has 0 aromatic heterocycles. The number of benzene rings is 1. The molecule has 0 heterocycles. The lowest BCUT2D eigenvalue weighted by atomic mass is 9.47. The first-order valence-electron chi connectivity index (χ1n) is 8.66. The van der Waals surface area contributed by atoms with Crippen LogP contribution in [0, 0.1) is 16.7 Å². The third-order valence-electron chi connectivity index (χ3n) is 6.53. The highest BCUT2D eigenvalue weighted by Crippen LogP contribution is 2.61. The second-order valence-corrected chi connectivity index (χ2v) is 8.57. The van der Waals surface area contributed by atoms with Gasteiger partial charge in [0.25, 0.3) is 0 Å². The molecule has 4 atom stereocenters. The highest BCUT2D eigenvalue weighted by Gasteiger charge is 2.55. The Kier molecular flexibility index (Phi) is 3.62. The Balaban J connectivity index is 2.07. The molecule has 1 aromatic carbocycles. The number of rotatable bonds is 3. The summed E-state index contributed by atoms with van der Waals surface area (Å²) < 4.78 is 0. The average molecular weight is 299 g/mol. The zero-order valence-electron chi connectivity index (χ0n) is 14.2. The van der Waals surface area contributed by atoms with Crippen molar-refractivity contribution in [1.82, 2.24) is 0 Å². The minimum Gasteiger partial charge on any atom is -0.369 e. The fourth-order valence-electron chi connectivity index (χ4n) is 5.59. The van der Waals surface area contributed by atoms with Gasteiger partial charge in [0.15, 0.2) is 0 Å². The molecule has 2 heteroatoms. The molecule has 120 valence electrons. The van der Waals surface area contributed by atoms with E-state index in [-0.39, 0.29) is 16.7 Å². The van der Waals surface area contributed by atoms with Crippen molar-refractivity contribution >= 4 is 5.91 Å². The largest absolute Gasteiger partial charge is 0.369 e. The SMILES string of the molecule is CCC1(C)CC2CC(C)(C(N)=O)CC(c3ccccc3)(C2)C1. The first-order valence-corrected chi connectivity index (χ1v) is 8.66. The third kappa shape index (κ3) is 2.47. The zero-order chi connectivity index (χ0) is 16.0. The Bertz CT molecular complexity index is 568. The van der Waals surface area contributed by atoms with Crippen molar-refractivity contribution in [2.24, 2.45) is 22.5 Å². The number of hydrogen-bond donors (Lipinski definition) is 1. The van der Waals surface area contributed by atoms with Gasteiger partial charge in [0.2, 0.25) is 5.91 Å². The van der Waals surface area contributed by atoms with E-state index in [1.807, 2.05) is 0 Å². The van der Waals surface area contributed by atoms with E-state index < -0.39 is 0 Å². The van der Waals surface area contributed by atoms with Crippen molar-refractivity contribution in [1.29, 1.82) is 0 Å². The number of fused-ring (bicyclic) bond motifs is 2. The van der Waals surface area contributed by atoms with E-state index in [0.717, 1.165) is 12.8 Å². The minimum atomic E-state index is -0.353. The average Bonchev–Trinajstić information content (AvgIpc) is 2.46. The first-order chi connectivity index (χ1) is 10.3. The van der Waals surface area contributed by atoms with E-state index in [1.165, 1.54) is 31.2 Å². The van der Waals surface area contributed by atoms with Crippen LogP contribution in [0.15, 0.2) is 30.3 Å². The summed E-state index contributed by atoms with van der Waals surface area (Å²) in [4.78, 5) is 12.1. The third-order valence-corrected chi connectivity index (χ3v) is 6.53. The molecule has 0 spiro atoms. The fourth-order valence-corrected chi connectivity index (χ4v) is 5.59. The smallest absolute Gasteiger partial charge is 0.223 e. The molecular formula is C20H29NO. The van der Waals surface area contributed by atoms with E-state index in [0.29, 0.717) is 11.3 Å². The van der Waals surface area contributed by atoms with E-state index in [1.54, 1.807) is 0 Å². The number of amides is 1. The lowest BCUT2D eigenvalue weighted by Gasteiger charge is -2.57. The highest BCUT2D eigenvalue weighted by molar-refractivity contribution is 5.80. The van der Waals surface area contributed by atoms with Crippen LogP contribution in [0.1, 0.15) is 64.9 Å². The van der Waals surface area contributed by atoms with Gasteiger partial charge in [-0.25, -0.2) is 0 Å². The summed E-state index contributed by atoms with van der Waals surface area (Å²) in [5, 5.41) is 0. The Morgan fingerprint density at radius 2 is 1.82 bits per heavy atom. The van der Waals surface area contributed by atoms with Crippen molar-refractivity contribution in [3.8, 4) is 0 Å². The number of primary amides is 1. The molecule has 1 aromatic rings. The standard InChI is InChI=1S/C20H29NO/c1-4-18(2)10-15-11-19(3,17(21)22)14-20(12-15,13-18)16-8-6-5-7-9-16/h5-9,15H,4,10-14H2,1-3H3,(H2,21,22). The Morgan fingerprint density at radius 1 is 1.14 bits per heavy atom. The topological polar surface area (TPSA) is 43.1 Å². The molecule has 4 unspecified atom stereocenters. The van der Waals surface area contributed by atoms with Crippen molar-refractivity contribution in [2.45, 2.75) is 64.7 Å². The Morgan fingerprint density at radius 3 is 2.41 bits per heavy atom. The number of hydrogen-bond acceptors (Lipinski definition) is 1. The van der Waals surface area contributed by atoms with Gasteiger partial charge in [-0.05, 0) is 54.4 Å². The molecule has 2 nitrogen and oxygen atoms in total. The summed E-state index contributed by atoms with van der Waals surface area (Å²) in [6, 6.07) is 10.9. The quantitative estimate of drug-likeness (QED) is 0.881. The predicted octanol–water partition coefficient (Wildman–Crippen LogP) is 4.43. The fraction of sp³-hybridized carbons (Fsp3) is 0.650. The van der Waals surface area contributed by atoms with Crippen LogP contribution < -0.4 is 5.73 Å². The summed E-state index contributed by atoms with van der Waals surface area (Å²) in [7, 11) is 0. The predicted molar refractivity (Wildman–Crippen MR) is 90.4 cm³/mol. The van der Waals surface area contributed by atoms with E-state index >= 15 is 0 Å². The summed E-state index contributed by atoms with van der Waals surface area (Å²) in [5.74, 6) is 0.503. The molecule has 3 rings (SSSR count). The van der Waals surface area contributed by atoms with E-state index in [9.17, 15) is 4.79 Å². The van der Waals surface area contributed by atoms with Crippen LogP contribution in [0.4, 0.5) is 0 Å². The molecule has 0 radical (unpaired) electrons. The highest BCUT2D eigenvalue weighted by atomic mass is 16.1. The molecule has 2 aliphatic rings. The van der Waals surface area contributed by atoms with Gasteiger partial charge < -0.3 is 5.73 Å². The van der Waals surface area contributed by atoms with Gasteiger partial charge in [0, 0.05) is 5.41 Å². The lowest BCUT2D eigenvalue weighted by molar-refractivity contribution is -0.134. The van der Waals surface area contributed by atoms with Crippen LogP contribution in [-0.4, -0.2) is 5.91 Å². The van der Waals surface area contributed by atoms with Gasteiger partial charge in [0.1, 0.15) is 0 Å². The molecule has 1 amide bonds. The van der Waals surface area contributed by atoms with Crippen LogP contribution in [0.5, 0.6) is 0 Å². The summed E-state index contributed by atoms with van der Waals surface area (Å²) in [5.41, 5.74) is 7.37. The van der Waals surface area contributed by atoms with Crippen LogP contribution in [0.25, 0.3) is 0 Å². The Labute approximate surface area is 134 Å². The van der Waals surface area contributed by atoms with Gasteiger partial charge in [-0.1, -0.05) is 57.5 Å². The van der Waals surface area contributed by atoms with Crippen molar-refractivity contribution in [2.75, 3.05) is 0 Å². The molecule has 22 heavy (non-hydrogen) atoms. The summed E-state index contributed by atoms with van der Waals surface area (Å²) in [6.07, 6.45) is 6.72. The molecule has 2 bridgehead atoms. The first kappa shape index (κ1) is 15.6. The molecule has 2 saturated carbocycles. The van der Waals surface area contributed by atoms with Gasteiger partial charge in [-0.3, -0.25) is 4.79 Å². The maximum absolute atomic E-state index is 12.1. The lowest BCUT2D eigenvalue weighted by Crippen LogP contribution is -2.53. The van der Waals surface area contributed by atoms with Gasteiger partial charge in [0.05, 0.1) is 0 Å². The molecule has 0 aliphatic heterocycles. The van der Waals surface area contributed by atoms with E-state index in [4.69, 9.17) is 5.73 Å². The Hall–Kier alpha value is -1.31. The number of carbonyl (C=O) groups is 1. The maximum atomic E-state index is 12.1. The van der Waals surface area contributed by atoms with Crippen molar-refractivity contribution < 1.29 is 4.79 Å². The number of carbonyl (C=O) groups excluding carboxylic acids is 1. The minimum absolute atomic E-state index is 0.113. The normalized spacial score (nSPS) is 41.1. The second-order valence-electron chi connectivity index (χ2n) is 8.57. The molecule has 2 fully saturated rings. The van der Waals surface area contributed by atoms with Crippen LogP contribution in [-0.2, 0) is 10.2 Å². The summed E-state index contributed by atoms with van der Waals surface area (Å²) >= 11 is 0. The van der Waals surface area contributed by atoms with Gasteiger partial charge >= 0.3 is 0 Å². The van der Waals surface area contributed by atoms with Gasteiger partial charge in [-0.15, -0.1) is 0 Å². The zero-order valence-corrected chi connectivity index (χ0v) is 14.2. The van der Waals surface area contributed by atoms with Crippen LogP contribution >= 0.6 is 0 Å². The molecule has 0 saturated heterocycles. The number of nitrogens with two attached hydrogens (primary N) is 1. The monoisotopic (exact) mass is 299 g/mol. The maximum Gasteiger partial charge on any atom is 0.223 e. The van der Waals surface area contributed by atoms with E-state index in [2.05, 4.69) is 51.1 Å².